The second kappa shape index (κ2) is 6.50. The number of aryl methyl sites for hydroxylation is 1. The van der Waals surface area contributed by atoms with Gasteiger partial charge in [-0.2, -0.15) is 0 Å². The van der Waals surface area contributed by atoms with Crippen LogP contribution in [0, 0.1) is 24.6 Å². The molecule has 0 bridgehead atoms. The van der Waals surface area contributed by atoms with E-state index in [-0.39, 0.29) is 23.8 Å². The van der Waals surface area contributed by atoms with E-state index >= 15 is 0 Å². The van der Waals surface area contributed by atoms with Crippen LogP contribution in [0.15, 0.2) is 24.3 Å². The zero-order valence-corrected chi connectivity index (χ0v) is 15.9. The molecule has 2 saturated heterocycles. The number of hydrogen-bond acceptors (Lipinski definition) is 5. The second-order valence-corrected chi connectivity index (χ2v) is 8.42. The van der Waals surface area contributed by atoms with Crippen LogP contribution < -0.4 is 4.90 Å². The average Bonchev–Trinajstić information content (AvgIpc) is 3.27. The topological polar surface area (TPSA) is 52.6 Å². The Hall–Kier alpha value is -2.22. The summed E-state index contributed by atoms with van der Waals surface area (Å²) in [5.41, 5.74) is 0.864. The molecule has 138 valence electrons. The molecule has 0 N–H and O–H groups in total. The molecule has 2 aliphatic heterocycles. The van der Waals surface area contributed by atoms with E-state index in [4.69, 9.17) is 0 Å². The summed E-state index contributed by atoms with van der Waals surface area (Å²) in [6.07, 6.45) is 0. The van der Waals surface area contributed by atoms with Crippen molar-refractivity contribution in [3.63, 3.8) is 0 Å². The van der Waals surface area contributed by atoms with Crippen molar-refractivity contribution in [2.75, 3.05) is 38.6 Å². The normalized spacial score (nSPS) is 24.8. The van der Waals surface area contributed by atoms with Crippen LogP contribution in [0.2, 0.25) is 0 Å². The predicted octanol–water partition coefficient (Wildman–Crippen LogP) is 2.78. The summed E-state index contributed by atoms with van der Waals surface area (Å²) in [4.78, 5) is 18.5. The standard InChI is InChI=1S/C18H22FN5OS/c1-11-20-21-17(26-11)23-8-13-9-24(18(25)22(2)3)16(15(13)10-23)12-5-4-6-14(19)7-12/h4-7,13,15-16H,8-10H2,1-3H3/t13-,15-,16-/m1/s1. The van der Waals surface area contributed by atoms with Crippen molar-refractivity contribution in [1.29, 1.82) is 0 Å². The maximum absolute atomic E-state index is 13.9. The highest BCUT2D eigenvalue weighted by molar-refractivity contribution is 7.15. The number of carbonyl (C=O) groups excluding carboxylic acids is 1. The minimum absolute atomic E-state index is 0.0213. The van der Waals surface area contributed by atoms with Gasteiger partial charge in [0.1, 0.15) is 10.8 Å². The summed E-state index contributed by atoms with van der Waals surface area (Å²) in [7, 11) is 3.52. The molecule has 4 rings (SSSR count). The number of nitrogens with zero attached hydrogens (tertiary/aromatic N) is 5. The Balaban J connectivity index is 1.65. The first-order valence-corrected chi connectivity index (χ1v) is 9.54. The summed E-state index contributed by atoms with van der Waals surface area (Å²) in [5, 5.41) is 10.3. The molecule has 0 saturated carbocycles. The Kier molecular flexibility index (Phi) is 4.30. The van der Waals surface area contributed by atoms with Gasteiger partial charge < -0.3 is 14.7 Å². The molecule has 6 nitrogen and oxygen atoms in total. The van der Waals surface area contributed by atoms with Gasteiger partial charge in [-0.05, 0) is 24.6 Å². The second-order valence-electron chi connectivity index (χ2n) is 7.26. The van der Waals surface area contributed by atoms with Gasteiger partial charge in [-0.1, -0.05) is 23.5 Å². The number of halogens is 1. The van der Waals surface area contributed by atoms with Crippen LogP contribution in [0.1, 0.15) is 16.6 Å². The van der Waals surface area contributed by atoms with Gasteiger partial charge in [0.2, 0.25) is 5.13 Å². The van der Waals surface area contributed by atoms with E-state index < -0.39 is 0 Å². The fraction of sp³-hybridized carbons (Fsp3) is 0.500. The molecular weight excluding hydrogens is 353 g/mol. The van der Waals surface area contributed by atoms with Crippen LogP contribution >= 0.6 is 11.3 Å². The van der Waals surface area contributed by atoms with Crippen LogP contribution in [0.3, 0.4) is 0 Å². The maximum atomic E-state index is 13.9. The van der Waals surface area contributed by atoms with E-state index in [0.29, 0.717) is 12.5 Å². The van der Waals surface area contributed by atoms with Crippen molar-refractivity contribution in [2.24, 2.45) is 11.8 Å². The quantitative estimate of drug-likeness (QED) is 0.810. The minimum atomic E-state index is -0.266. The number of anilines is 1. The third-order valence-corrected chi connectivity index (χ3v) is 6.17. The molecule has 1 aromatic heterocycles. The molecule has 0 spiro atoms. The Morgan fingerprint density at radius 1 is 1.27 bits per heavy atom. The minimum Gasteiger partial charge on any atom is -0.346 e. The summed E-state index contributed by atoms with van der Waals surface area (Å²) >= 11 is 1.59. The van der Waals surface area contributed by atoms with Crippen LogP contribution in [-0.4, -0.2) is 59.8 Å². The fourth-order valence-corrected chi connectivity index (χ4v) is 4.89. The molecule has 0 radical (unpaired) electrons. The van der Waals surface area contributed by atoms with E-state index in [9.17, 15) is 9.18 Å². The first-order valence-electron chi connectivity index (χ1n) is 8.72. The van der Waals surface area contributed by atoms with Gasteiger partial charge in [-0.3, -0.25) is 0 Å². The molecule has 3 heterocycles. The number of hydrogen-bond donors (Lipinski definition) is 0. The molecule has 26 heavy (non-hydrogen) atoms. The molecule has 0 unspecified atom stereocenters. The van der Waals surface area contributed by atoms with E-state index in [1.165, 1.54) is 6.07 Å². The van der Waals surface area contributed by atoms with E-state index in [0.717, 1.165) is 28.8 Å². The van der Waals surface area contributed by atoms with Gasteiger partial charge >= 0.3 is 6.03 Å². The smallest absolute Gasteiger partial charge is 0.320 e. The van der Waals surface area contributed by atoms with Crippen molar-refractivity contribution in [2.45, 2.75) is 13.0 Å². The van der Waals surface area contributed by atoms with Crippen LogP contribution in [0.4, 0.5) is 14.3 Å². The van der Waals surface area contributed by atoms with Crippen molar-refractivity contribution in [1.82, 2.24) is 20.0 Å². The Labute approximate surface area is 156 Å². The summed E-state index contributed by atoms with van der Waals surface area (Å²) in [6.45, 7) is 4.28. The lowest BCUT2D eigenvalue weighted by atomic mass is 9.89. The zero-order valence-electron chi connectivity index (χ0n) is 15.1. The van der Waals surface area contributed by atoms with Gasteiger partial charge in [0.25, 0.3) is 0 Å². The number of carbonyl (C=O) groups is 1. The lowest BCUT2D eigenvalue weighted by molar-refractivity contribution is 0.159. The van der Waals surface area contributed by atoms with Crippen molar-refractivity contribution < 1.29 is 9.18 Å². The summed E-state index contributed by atoms with van der Waals surface area (Å²) < 4.78 is 13.9. The van der Waals surface area contributed by atoms with Crippen molar-refractivity contribution in [3.05, 3.63) is 40.7 Å². The number of likely N-dealkylation sites (tertiary alicyclic amines) is 1. The van der Waals surface area contributed by atoms with Crippen molar-refractivity contribution >= 4 is 22.5 Å². The van der Waals surface area contributed by atoms with E-state index in [1.807, 2.05) is 17.9 Å². The molecule has 2 amide bonds. The number of aromatic nitrogens is 2. The lowest BCUT2D eigenvalue weighted by Crippen LogP contribution is -2.41. The number of rotatable bonds is 2. The van der Waals surface area contributed by atoms with Crippen LogP contribution in [0.25, 0.3) is 0 Å². The third kappa shape index (κ3) is 2.92. The number of fused-ring (bicyclic) bond motifs is 1. The number of urea groups is 1. The lowest BCUT2D eigenvalue weighted by Gasteiger charge is -2.31. The largest absolute Gasteiger partial charge is 0.346 e. The molecule has 0 aliphatic carbocycles. The Morgan fingerprint density at radius 2 is 2.08 bits per heavy atom. The molecule has 2 aromatic rings. The SMILES string of the molecule is Cc1nnc(N2C[C@@H]3CN(C(=O)N(C)C)[C@H](c4cccc(F)c4)[C@@H]3C2)s1. The molecular formula is C18H22FN5OS. The van der Waals surface area contributed by atoms with Gasteiger partial charge in [-0.25, -0.2) is 9.18 Å². The number of amides is 2. The summed E-state index contributed by atoms with van der Waals surface area (Å²) in [6, 6.07) is 6.50. The highest BCUT2D eigenvalue weighted by atomic mass is 32.1. The van der Waals surface area contributed by atoms with Gasteiger partial charge in [0.05, 0.1) is 6.04 Å². The van der Waals surface area contributed by atoms with Gasteiger partial charge in [0.15, 0.2) is 0 Å². The summed E-state index contributed by atoms with van der Waals surface area (Å²) in [5.74, 6) is 0.332. The van der Waals surface area contributed by atoms with Crippen molar-refractivity contribution in [3.8, 4) is 0 Å². The molecule has 2 fully saturated rings. The third-order valence-electron chi connectivity index (χ3n) is 5.27. The number of benzene rings is 1. The van der Waals surface area contributed by atoms with Gasteiger partial charge in [-0.15, -0.1) is 10.2 Å². The van der Waals surface area contributed by atoms with E-state index in [2.05, 4.69) is 15.1 Å². The molecule has 1 aromatic carbocycles. The monoisotopic (exact) mass is 375 g/mol. The van der Waals surface area contributed by atoms with Gasteiger partial charge in [0, 0.05) is 45.6 Å². The highest BCUT2D eigenvalue weighted by Crippen LogP contribution is 2.46. The molecule has 8 heteroatoms. The Morgan fingerprint density at radius 3 is 2.73 bits per heavy atom. The molecule has 2 aliphatic rings. The zero-order chi connectivity index (χ0) is 18.4. The Bertz CT molecular complexity index is 825. The average molecular weight is 375 g/mol. The fourth-order valence-electron chi connectivity index (χ4n) is 4.19. The first kappa shape index (κ1) is 17.2. The maximum Gasteiger partial charge on any atom is 0.320 e. The first-order chi connectivity index (χ1) is 12.4. The van der Waals surface area contributed by atoms with Crippen LogP contribution in [-0.2, 0) is 0 Å². The highest BCUT2D eigenvalue weighted by Gasteiger charge is 2.50. The van der Waals surface area contributed by atoms with E-state index in [1.54, 1.807) is 42.5 Å². The van der Waals surface area contributed by atoms with Crippen LogP contribution in [0.5, 0.6) is 0 Å². The predicted molar refractivity (Wildman–Crippen MR) is 98.8 cm³/mol. The molecule has 3 atom stereocenters.